The van der Waals surface area contributed by atoms with Gasteiger partial charge in [0, 0.05) is 49.5 Å². The summed E-state index contributed by atoms with van der Waals surface area (Å²) in [5.74, 6) is 0.919. The molecule has 7 heteroatoms. The van der Waals surface area contributed by atoms with Crippen molar-refractivity contribution in [2.45, 2.75) is 38.8 Å². The molecular formula is C23H27N5OS. The van der Waals surface area contributed by atoms with E-state index in [0.29, 0.717) is 6.04 Å². The molecular weight excluding hydrogens is 394 g/mol. The van der Waals surface area contributed by atoms with Gasteiger partial charge in [0.2, 0.25) is 0 Å². The Bertz CT molecular complexity index is 1050. The van der Waals surface area contributed by atoms with E-state index in [1.165, 1.54) is 10.7 Å². The number of pyridine rings is 1. The maximum atomic E-state index is 12.9. The zero-order valence-corrected chi connectivity index (χ0v) is 18.1. The van der Waals surface area contributed by atoms with Crippen LogP contribution in [0.15, 0.2) is 35.7 Å². The number of hydrogen-bond acceptors (Lipinski definition) is 6. The van der Waals surface area contributed by atoms with Gasteiger partial charge in [-0.15, -0.1) is 11.3 Å². The van der Waals surface area contributed by atoms with Gasteiger partial charge in [-0.25, -0.2) is 9.97 Å². The van der Waals surface area contributed by atoms with Gasteiger partial charge in [0.1, 0.15) is 5.82 Å². The number of aryl methyl sites for hydroxylation is 1. The van der Waals surface area contributed by atoms with Crippen LogP contribution < -0.4 is 10.2 Å². The number of fused-ring (bicyclic) bond motifs is 1. The number of hydrogen-bond donors (Lipinski definition) is 1. The molecule has 1 saturated heterocycles. The number of carbonyl (C=O) groups is 1. The summed E-state index contributed by atoms with van der Waals surface area (Å²) in [4.78, 5) is 27.2. The van der Waals surface area contributed by atoms with Crippen molar-refractivity contribution in [2.75, 3.05) is 31.1 Å². The van der Waals surface area contributed by atoms with Gasteiger partial charge in [-0.3, -0.25) is 9.69 Å². The van der Waals surface area contributed by atoms with Crippen LogP contribution in [-0.4, -0.2) is 53.0 Å². The number of amides is 1. The van der Waals surface area contributed by atoms with E-state index in [4.69, 9.17) is 9.97 Å². The van der Waals surface area contributed by atoms with Crippen molar-refractivity contribution < 1.29 is 4.79 Å². The predicted octanol–water partition coefficient (Wildman–Crippen LogP) is 3.47. The molecule has 156 valence electrons. The van der Waals surface area contributed by atoms with Crippen molar-refractivity contribution in [3.63, 3.8) is 0 Å². The SMILES string of the molecule is CCc1nc(CN2CCN(c3cc(C(=O)NC4CC4)c4ccccc4n3)CC2)cs1. The molecule has 2 fully saturated rings. The third kappa shape index (κ3) is 4.18. The van der Waals surface area contributed by atoms with Crippen LogP contribution in [0.4, 0.5) is 5.82 Å². The minimum atomic E-state index is 0.0197. The fourth-order valence-corrected chi connectivity index (χ4v) is 4.69. The van der Waals surface area contributed by atoms with Crippen molar-refractivity contribution in [1.29, 1.82) is 0 Å². The number of para-hydroxylation sites is 1. The number of piperazine rings is 1. The Labute approximate surface area is 180 Å². The molecule has 1 N–H and O–H groups in total. The first-order valence-corrected chi connectivity index (χ1v) is 11.7. The summed E-state index contributed by atoms with van der Waals surface area (Å²) in [5, 5.41) is 7.45. The van der Waals surface area contributed by atoms with Crippen LogP contribution in [0.2, 0.25) is 0 Å². The Balaban J connectivity index is 1.31. The van der Waals surface area contributed by atoms with Gasteiger partial charge < -0.3 is 10.2 Å². The maximum Gasteiger partial charge on any atom is 0.252 e. The topological polar surface area (TPSA) is 61.4 Å². The van der Waals surface area contributed by atoms with E-state index < -0.39 is 0 Å². The van der Waals surface area contributed by atoms with Gasteiger partial charge in [-0.05, 0) is 31.4 Å². The van der Waals surface area contributed by atoms with Gasteiger partial charge in [0.05, 0.1) is 21.8 Å². The summed E-state index contributed by atoms with van der Waals surface area (Å²) in [5.41, 5.74) is 2.79. The van der Waals surface area contributed by atoms with E-state index in [2.05, 4.69) is 27.4 Å². The fourth-order valence-electron chi connectivity index (χ4n) is 3.95. The summed E-state index contributed by atoms with van der Waals surface area (Å²) in [7, 11) is 0. The predicted molar refractivity (Wildman–Crippen MR) is 121 cm³/mol. The van der Waals surface area contributed by atoms with Crippen molar-refractivity contribution >= 4 is 34.0 Å². The van der Waals surface area contributed by atoms with E-state index in [9.17, 15) is 4.79 Å². The maximum absolute atomic E-state index is 12.9. The molecule has 0 spiro atoms. The number of nitrogens with zero attached hydrogens (tertiary/aromatic N) is 4. The van der Waals surface area contributed by atoms with Crippen LogP contribution in [0.3, 0.4) is 0 Å². The average molecular weight is 422 g/mol. The fraction of sp³-hybridized carbons (Fsp3) is 0.435. The van der Waals surface area contributed by atoms with Crippen LogP contribution >= 0.6 is 11.3 Å². The van der Waals surface area contributed by atoms with Crippen LogP contribution in [0, 0.1) is 0 Å². The highest BCUT2D eigenvalue weighted by Crippen LogP contribution is 2.26. The molecule has 0 bridgehead atoms. The second-order valence-corrected chi connectivity index (χ2v) is 9.08. The lowest BCUT2D eigenvalue weighted by atomic mass is 10.1. The van der Waals surface area contributed by atoms with Crippen molar-refractivity contribution in [2.24, 2.45) is 0 Å². The van der Waals surface area contributed by atoms with E-state index in [1.54, 1.807) is 11.3 Å². The Morgan fingerprint density at radius 1 is 1.17 bits per heavy atom. The number of rotatable bonds is 6. The lowest BCUT2D eigenvalue weighted by Crippen LogP contribution is -2.46. The third-order valence-corrected chi connectivity index (χ3v) is 6.89. The molecule has 6 nitrogen and oxygen atoms in total. The van der Waals surface area contributed by atoms with Crippen molar-refractivity contribution in [3.05, 3.63) is 52.0 Å². The Morgan fingerprint density at radius 2 is 1.97 bits per heavy atom. The molecule has 1 aliphatic heterocycles. The van der Waals surface area contributed by atoms with E-state index in [-0.39, 0.29) is 5.91 Å². The van der Waals surface area contributed by atoms with E-state index >= 15 is 0 Å². The highest BCUT2D eigenvalue weighted by molar-refractivity contribution is 7.09. The monoisotopic (exact) mass is 421 g/mol. The minimum absolute atomic E-state index is 0.0197. The smallest absolute Gasteiger partial charge is 0.252 e. The number of aromatic nitrogens is 2. The third-order valence-electron chi connectivity index (χ3n) is 5.84. The van der Waals surface area contributed by atoms with Crippen LogP contribution in [0.5, 0.6) is 0 Å². The highest BCUT2D eigenvalue weighted by atomic mass is 32.1. The number of thiazole rings is 1. The van der Waals surface area contributed by atoms with Gasteiger partial charge in [-0.1, -0.05) is 25.1 Å². The Hall–Kier alpha value is -2.51. The molecule has 1 saturated carbocycles. The first-order chi connectivity index (χ1) is 14.7. The Morgan fingerprint density at radius 3 is 2.70 bits per heavy atom. The van der Waals surface area contributed by atoms with Crippen molar-refractivity contribution in [1.82, 2.24) is 20.2 Å². The van der Waals surface area contributed by atoms with Gasteiger partial charge in [0.25, 0.3) is 5.91 Å². The van der Waals surface area contributed by atoms with Gasteiger partial charge >= 0.3 is 0 Å². The van der Waals surface area contributed by atoms with Crippen molar-refractivity contribution in [3.8, 4) is 0 Å². The normalized spacial score (nSPS) is 17.4. The molecule has 0 radical (unpaired) electrons. The van der Waals surface area contributed by atoms with E-state index in [0.717, 1.165) is 74.3 Å². The van der Waals surface area contributed by atoms with E-state index in [1.807, 2.05) is 30.3 Å². The number of nitrogens with one attached hydrogen (secondary N) is 1. The average Bonchev–Trinajstić information content (AvgIpc) is 3.48. The second kappa shape index (κ2) is 8.32. The highest BCUT2D eigenvalue weighted by Gasteiger charge is 2.26. The summed E-state index contributed by atoms with van der Waals surface area (Å²) >= 11 is 1.75. The summed E-state index contributed by atoms with van der Waals surface area (Å²) in [6.07, 6.45) is 3.17. The standard InChI is InChI=1S/C23H27N5OS/c1-2-22-24-17(15-30-22)14-27-9-11-28(12-10-27)21-13-19(23(29)25-16-7-8-16)18-5-3-4-6-20(18)26-21/h3-6,13,15-16H,2,7-12,14H2,1H3,(H,25,29). The summed E-state index contributed by atoms with van der Waals surface area (Å²) < 4.78 is 0. The van der Waals surface area contributed by atoms with Gasteiger partial charge in [-0.2, -0.15) is 0 Å². The lowest BCUT2D eigenvalue weighted by molar-refractivity contribution is 0.0952. The molecule has 1 aliphatic carbocycles. The minimum Gasteiger partial charge on any atom is -0.354 e. The second-order valence-electron chi connectivity index (χ2n) is 8.14. The molecule has 2 aliphatic rings. The first kappa shape index (κ1) is 19.5. The summed E-state index contributed by atoms with van der Waals surface area (Å²) in [6.45, 7) is 6.80. The van der Waals surface area contributed by atoms with Crippen LogP contribution in [-0.2, 0) is 13.0 Å². The number of anilines is 1. The molecule has 5 rings (SSSR count). The van der Waals surface area contributed by atoms with Crippen LogP contribution in [0.1, 0.15) is 40.8 Å². The molecule has 3 heterocycles. The number of benzene rings is 1. The first-order valence-electron chi connectivity index (χ1n) is 10.8. The quantitative estimate of drug-likeness (QED) is 0.660. The van der Waals surface area contributed by atoms with Gasteiger partial charge in [0.15, 0.2) is 0 Å². The molecule has 3 aromatic rings. The largest absolute Gasteiger partial charge is 0.354 e. The zero-order chi connectivity index (χ0) is 20.5. The molecule has 2 aromatic heterocycles. The molecule has 1 amide bonds. The molecule has 0 atom stereocenters. The number of carbonyl (C=O) groups excluding carboxylic acids is 1. The summed E-state index contributed by atoms with van der Waals surface area (Å²) in [6, 6.07) is 10.3. The lowest BCUT2D eigenvalue weighted by Gasteiger charge is -2.35. The molecule has 0 unspecified atom stereocenters. The van der Waals surface area contributed by atoms with Crippen LogP contribution in [0.25, 0.3) is 10.9 Å². The molecule has 30 heavy (non-hydrogen) atoms. The zero-order valence-electron chi connectivity index (χ0n) is 17.3. The Kier molecular flexibility index (Phi) is 5.39. The molecule has 1 aromatic carbocycles.